The van der Waals surface area contributed by atoms with Crippen molar-refractivity contribution >= 4 is 29.2 Å². The lowest BCUT2D eigenvalue weighted by molar-refractivity contribution is 0.0119. The summed E-state index contributed by atoms with van der Waals surface area (Å²) in [5.74, 6) is 0.128. The zero-order valence-electron chi connectivity index (χ0n) is 30.4. The van der Waals surface area contributed by atoms with Crippen molar-refractivity contribution in [3.8, 4) is 5.75 Å². The van der Waals surface area contributed by atoms with Gasteiger partial charge in [-0.25, -0.2) is 14.4 Å². The molecule has 2 N–H and O–H groups in total. The lowest BCUT2D eigenvalue weighted by atomic mass is 9.98. The van der Waals surface area contributed by atoms with Gasteiger partial charge >= 0.3 is 18.3 Å². The van der Waals surface area contributed by atoms with E-state index in [1.807, 2.05) is 80.5 Å². The molecule has 0 saturated carbocycles. The molecule has 1 aliphatic heterocycles. The fourth-order valence-electron chi connectivity index (χ4n) is 5.38. The van der Waals surface area contributed by atoms with Crippen LogP contribution in [-0.2, 0) is 20.6 Å². The van der Waals surface area contributed by atoms with Crippen molar-refractivity contribution in [3.05, 3.63) is 36.0 Å². The third-order valence-electron chi connectivity index (χ3n) is 7.54. The molecule has 0 radical (unpaired) electrons. The Labute approximate surface area is 286 Å². The quantitative estimate of drug-likeness (QED) is 0.351. The first-order valence-electron chi connectivity index (χ1n) is 17.0. The summed E-state index contributed by atoms with van der Waals surface area (Å²) in [6, 6.07) is 7.34. The number of aromatic hydroxyl groups is 1. The van der Waals surface area contributed by atoms with Gasteiger partial charge in [-0.3, -0.25) is 4.98 Å². The summed E-state index contributed by atoms with van der Waals surface area (Å²) in [6.45, 7) is 19.1. The van der Waals surface area contributed by atoms with Gasteiger partial charge in [0.2, 0.25) is 0 Å². The van der Waals surface area contributed by atoms with Crippen molar-refractivity contribution in [3.63, 3.8) is 0 Å². The number of phenolic OH excluding ortho intramolecular Hbond substituents is 1. The Balaban J connectivity index is 1.91. The molecule has 1 saturated heterocycles. The normalized spacial score (nSPS) is 18.1. The molecule has 268 valence electrons. The molecule has 12 nitrogen and oxygen atoms in total. The molecule has 0 bridgehead atoms. The van der Waals surface area contributed by atoms with Gasteiger partial charge in [0, 0.05) is 56.9 Å². The molecular weight excluding hydrogens is 614 g/mol. The van der Waals surface area contributed by atoms with Crippen LogP contribution in [-0.4, -0.2) is 112 Å². The molecule has 0 spiro atoms. The van der Waals surface area contributed by atoms with Crippen molar-refractivity contribution in [2.45, 2.75) is 111 Å². The molecule has 1 aromatic carbocycles. The topological polar surface area (TPSA) is 134 Å². The van der Waals surface area contributed by atoms with Crippen LogP contribution in [0.5, 0.6) is 5.75 Å². The first-order chi connectivity index (χ1) is 22.3. The standard InChI is InChI=1S/C36H57N5O7/c1-34(2,3)46-31(43)39-20-12-21-41(33(45)48-36(7,8)9)24-23-40(32(44)47-35(4,5)6)19-11-18-37-27(16-22-39)25-26-14-15-29(42)30-28(26)13-10-17-38-30/h10,13-15,17,27,37,42H,11-12,16,18-25H2,1-9H3. The molecule has 1 aromatic heterocycles. The van der Waals surface area contributed by atoms with Crippen LogP contribution >= 0.6 is 0 Å². The Hall–Kier alpha value is -3.80. The first-order valence-corrected chi connectivity index (χ1v) is 17.0. The number of rotatable bonds is 2. The SMILES string of the molecule is CC(C)(C)OC(=O)N1CCCN(C(=O)OC(C)(C)C)CCN(C(=O)OC(C)(C)C)CCCNC(Cc2ccc(O)c3ncccc23)CC1. The van der Waals surface area contributed by atoms with Gasteiger partial charge in [0.15, 0.2) is 0 Å². The number of nitrogens with one attached hydrogen (secondary N) is 1. The minimum Gasteiger partial charge on any atom is -0.506 e. The molecule has 3 amide bonds. The number of benzene rings is 1. The van der Waals surface area contributed by atoms with Crippen LogP contribution in [0.15, 0.2) is 30.5 Å². The van der Waals surface area contributed by atoms with Gasteiger partial charge in [0.05, 0.1) is 0 Å². The highest BCUT2D eigenvalue weighted by Gasteiger charge is 2.28. The van der Waals surface area contributed by atoms with Crippen molar-refractivity contribution < 1.29 is 33.7 Å². The number of phenols is 1. The summed E-state index contributed by atoms with van der Waals surface area (Å²) in [4.78, 5) is 49.3. The fourth-order valence-corrected chi connectivity index (χ4v) is 5.38. The number of nitrogens with zero attached hydrogens (tertiary/aromatic N) is 4. The number of hydrogen-bond acceptors (Lipinski definition) is 9. The second-order valence-electron chi connectivity index (χ2n) is 15.4. The van der Waals surface area contributed by atoms with E-state index < -0.39 is 35.1 Å². The molecule has 1 unspecified atom stereocenters. The predicted octanol–water partition coefficient (Wildman–Crippen LogP) is 6.34. The van der Waals surface area contributed by atoms with Gasteiger partial charge in [-0.2, -0.15) is 0 Å². The molecule has 3 rings (SSSR count). The number of aromatic nitrogens is 1. The Morgan fingerprint density at radius 2 is 1.25 bits per heavy atom. The lowest BCUT2D eigenvalue weighted by Gasteiger charge is -2.32. The van der Waals surface area contributed by atoms with Gasteiger partial charge < -0.3 is 39.3 Å². The van der Waals surface area contributed by atoms with Crippen molar-refractivity contribution in [2.24, 2.45) is 0 Å². The van der Waals surface area contributed by atoms with Gasteiger partial charge in [-0.05, 0) is 112 Å². The second kappa shape index (κ2) is 16.5. The van der Waals surface area contributed by atoms with Gasteiger partial charge in [0.1, 0.15) is 28.1 Å². The minimum atomic E-state index is -0.693. The Bertz CT molecular complexity index is 1380. The number of pyridine rings is 1. The van der Waals surface area contributed by atoms with E-state index in [1.54, 1.807) is 27.0 Å². The van der Waals surface area contributed by atoms with E-state index in [0.717, 1.165) is 10.9 Å². The maximum Gasteiger partial charge on any atom is 0.410 e. The van der Waals surface area contributed by atoms with E-state index in [4.69, 9.17) is 14.2 Å². The molecule has 12 heteroatoms. The molecular formula is C36H57N5O7. The highest BCUT2D eigenvalue weighted by molar-refractivity contribution is 5.87. The number of ether oxygens (including phenoxy) is 3. The summed E-state index contributed by atoms with van der Waals surface area (Å²) in [5.41, 5.74) is -0.461. The average Bonchev–Trinajstić information content (AvgIpc) is 2.95. The highest BCUT2D eigenvalue weighted by atomic mass is 16.6. The maximum atomic E-state index is 13.4. The van der Waals surface area contributed by atoms with Crippen LogP contribution in [0.3, 0.4) is 0 Å². The van der Waals surface area contributed by atoms with Gasteiger partial charge in [0.25, 0.3) is 0 Å². The smallest absolute Gasteiger partial charge is 0.410 e. The van der Waals surface area contributed by atoms with Gasteiger partial charge in [-0.15, -0.1) is 0 Å². The molecule has 48 heavy (non-hydrogen) atoms. The van der Waals surface area contributed by atoms with E-state index >= 15 is 0 Å². The molecule has 1 atom stereocenters. The first kappa shape index (κ1) is 38.6. The Kier molecular flexibility index (Phi) is 13.3. The Morgan fingerprint density at radius 1 is 0.750 bits per heavy atom. The van der Waals surface area contributed by atoms with E-state index in [1.165, 1.54) is 0 Å². The number of hydrogen-bond donors (Lipinski definition) is 2. The van der Waals surface area contributed by atoms with Crippen molar-refractivity contribution in [2.75, 3.05) is 45.8 Å². The van der Waals surface area contributed by atoms with Crippen LogP contribution < -0.4 is 5.32 Å². The van der Waals surface area contributed by atoms with E-state index in [-0.39, 0.29) is 24.9 Å². The molecule has 1 aliphatic rings. The number of carbonyl (C=O) groups excluding carboxylic acids is 3. The number of amides is 3. The number of carbonyl (C=O) groups is 3. The van der Waals surface area contributed by atoms with E-state index in [9.17, 15) is 19.5 Å². The Morgan fingerprint density at radius 3 is 1.77 bits per heavy atom. The fraction of sp³-hybridized carbons (Fsp3) is 0.667. The highest BCUT2D eigenvalue weighted by Crippen LogP contribution is 2.27. The van der Waals surface area contributed by atoms with Crippen LogP contribution in [0.1, 0.15) is 87.1 Å². The van der Waals surface area contributed by atoms with E-state index in [2.05, 4.69) is 10.3 Å². The molecule has 1 fully saturated rings. The predicted molar refractivity (Wildman–Crippen MR) is 186 cm³/mol. The second-order valence-corrected chi connectivity index (χ2v) is 15.4. The van der Waals surface area contributed by atoms with Crippen LogP contribution in [0.4, 0.5) is 14.4 Å². The largest absolute Gasteiger partial charge is 0.506 e. The summed E-state index contributed by atoms with van der Waals surface area (Å²) in [7, 11) is 0. The third kappa shape index (κ3) is 13.0. The lowest BCUT2D eigenvalue weighted by Crippen LogP contribution is -2.46. The summed E-state index contributed by atoms with van der Waals surface area (Å²) in [6.07, 6.45) is 2.70. The van der Waals surface area contributed by atoms with Crippen LogP contribution in [0.2, 0.25) is 0 Å². The summed E-state index contributed by atoms with van der Waals surface area (Å²) < 4.78 is 17.2. The zero-order chi connectivity index (χ0) is 35.7. The summed E-state index contributed by atoms with van der Waals surface area (Å²) in [5, 5.41) is 14.9. The average molecular weight is 672 g/mol. The number of fused-ring (bicyclic) bond motifs is 1. The van der Waals surface area contributed by atoms with Crippen molar-refractivity contribution in [1.29, 1.82) is 0 Å². The van der Waals surface area contributed by atoms with Crippen molar-refractivity contribution in [1.82, 2.24) is 25.0 Å². The maximum absolute atomic E-state index is 13.4. The molecule has 0 aliphatic carbocycles. The molecule has 2 aromatic rings. The summed E-state index contributed by atoms with van der Waals surface area (Å²) >= 11 is 0. The van der Waals surface area contributed by atoms with E-state index in [0.29, 0.717) is 63.9 Å². The zero-order valence-corrected chi connectivity index (χ0v) is 30.4. The molecule has 2 heterocycles. The monoisotopic (exact) mass is 671 g/mol. The third-order valence-corrected chi connectivity index (χ3v) is 7.54. The van der Waals surface area contributed by atoms with Gasteiger partial charge in [-0.1, -0.05) is 12.1 Å². The minimum absolute atomic E-state index is 0.0405. The van der Waals surface area contributed by atoms with Crippen LogP contribution in [0.25, 0.3) is 10.9 Å². The van der Waals surface area contributed by atoms with Crippen LogP contribution in [0, 0.1) is 0 Å².